The molecule has 0 aromatic heterocycles. The van der Waals surface area contributed by atoms with Gasteiger partial charge in [-0.25, -0.2) is 4.79 Å². The normalized spacial score (nSPS) is 23.6. The van der Waals surface area contributed by atoms with Gasteiger partial charge in [-0.15, -0.1) is 0 Å². The fraction of sp³-hybridized carbons (Fsp3) is 0.857. The van der Waals surface area contributed by atoms with Gasteiger partial charge in [-0.2, -0.15) is 0 Å². The molecule has 18 heavy (non-hydrogen) atoms. The van der Waals surface area contributed by atoms with Crippen LogP contribution in [0.25, 0.3) is 0 Å². The maximum atomic E-state index is 12.1. The van der Waals surface area contributed by atoms with E-state index >= 15 is 0 Å². The first kappa shape index (κ1) is 13.4. The van der Waals surface area contributed by atoms with E-state index in [0.29, 0.717) is 18.8 Å². The van der Waals surface area contributed by atoms with Gasteiger partial charge in [-0.3, -0.25) is 4.79 Å². The third-order valence-electron chi connectivity index (χ3n) is 4.48. The van der Waals surface area contributed by atoms with Crippen molar-refractivity contribution in [2.45, 2.75) is 63.8 Å². The predicted octanol–water partition coefficient (Wildman–Crippen LogP) is 2.33. The number of nitrogens with one attached hydrogen (secondary N) is 1. The van der Waals surface area contributed by atoms with Crippen LogP contribution in [-0.4, -0.2) is 22.5 Å². The molecule has 0 aromatic carbocycles. The van der Waals surface area contributed by atoms with E-state index in [1.807, 2.05) is 6.92 Å². The Kier molecular flexibility index (Phi) is 3.93. The van der Waals surface area contributed by atoms with E-state index in [2.05, 4.69) is 5.32 Å². The van der Waals surface area contributed by atoms with E-state index in [-0.39, 0.29) is 11.8 Å². The smallest absolute Gasteiger partial charge is 0.329 e. The lowest BCUT2D eigenvalue weighted by Crippen LogP contribution is -2.45. The largest absolute Gasteiger partial charge is 0.480 e. The molecular formula is C14H23NO3. The van der Waals surface area contributed by atoms with Gasteiger partial charge >= 0.3 is 5.97 Å². The minimum Gasteiger partial charge on any atom is -0.480 e. The number of carbonyl (C=O) groups is 2. The molecule has 1 atom stereocenters. The topological polar surface area (TPSA) is 66.4 Å². The van der Waals surface area contributed by atoms with E-state index in [0.717, 1.165) is 12.8 Å². The van der Waals surface area contributed by atoms with Gasteiger partial charge in [0.1, 0.15) is 5.54 Å². The summed E-state index contributed by atoms with van der Waals surface area (Å²) in [7, 11) is 0. The van der Waals surface area contributed by atoms with Crippen molar-refractivity contribution < 1.29 is 14.7 Å². The van der Waals surface area contributed by atoms with Crippen molar-refractivity contribution in [1.82, 2.24) is 5.32 Å². The Balaban J connectivity index is 1.87. The van der Waals surface area contributed by atoms with Gasteiger partial charge in [0, 0.05) is 5.92 Å². The average Bonchev–Trinajstić information content (AvgIpc) is 2.94. The highest BCUT2D eigenvalue weighted by atomic mass is 16.4. The SMILES string of the molecule is CCC(CC1CCCC1)C(=O)NC1(C(=O)O)CC1. The van der Waals surface area contributed by atoms with Crippen molar-refractivity contribution in [1.29, 1.82) is 0 Å². The molecule has 0 heterocycles. The van der Waals surface area contributed by atoms with Crippen LogP contribution in [0.1, 0.15) is 58.3 Å². The lowest BCUT2D eigenvalue weighted by molar-refractivity contribution is -0.144. The molecule has 1 amide bonds. The predicted molar refractivity (Wildman–Crippen MR) is 68.1 cm³/mol. The minimum atomic E-state index is -0.930. The molecule has 2 N–H and O–H groups in total. The van der Waals surface area contributed by atoms with Crippen LogP contribution in [0.3, 0.4) is 0 Å². The molecule has 0 saturated heterocycles. The Labute approximate surface area is 108 Å². The summed E-state index contributed by atoms with van der Waals surface area (Å²) in [5.74, 6) is -0.276. The van der Waals surface area contributed by atoms with Gasteiger partial charge in [-0.05, 0) is 31.6 Å². The molecule has 2 saturated carbocycles. The number of amides is 1. The fourth-order valence-electron chi connectivity index (χ4n) is 2.96. The number of carboxylic acids is 1. The number of rotatable bonds is 6. The van der Waals surface area contributed by atoms with E-state index in [1.54, 1.807) is 0 Å². The summed E-state index contributed by atoms with van der Waals surface area (Å²) in [6.45, 7) is 2.01. The summed E-state index contributed by atoms with van der Waals surface area (Å²) in [4.78, 5) is 23.2. The molecule has 0 radical (unpaired) electrons. The molecule has 2 rings (SSSR count). The summed E-state index contributed by atoms with van der Waals surface area (Å²) in [6, 6.07) is 0. The lowest BCUT2D eigenvalue weighted by atomic mass is 9.90. The lowest BCUT2D eigenvalue weighted by Gasteiger charge is -2.21. The van der Waals surface area contributed by atoms with E-state index < -0.39 is 11.5 Å². The summed E-state index contributed by atoms with van der Waals surface area (Å²) in [5.41, 5.74) is -0.930. The molecule has 0 spiro atoms. The Hall–Kier alpha value is -1.06. The summed E-state index contributed by atoms with van der Waals surface area (Å²) in [6.07, 6.45) is 7.91. The Morgan fingerprint density at radius 1 is 1.33 bits per heavy atom. The zero-order chi connectivity index (χ0) is 13.2. The van der Waals surface area contributed by atoms with Crippen molar-refractivity contribution in [3.05, 3.63) is 0 Å². The number of aliphatic carboxylic acids is 1. The maximum absolute atomic E-state index is 12.1. The van der Waals surface area contributed by atoms with Crippen molar-refractivity contribution in [3.63, 3.8) is 0 Å². The first-order valence-electron chi connectivity index (χ1n) is 7.13. The van der Waals surface area contributed by atoms with Crippen molar-refractivity contribution in [2.24, 2.45) is 11.8 Å². The number of hydrogen-bond donors (Lipinski definition) is 2. The van der Waals surface area contributed by atoms with Crippen LogP contribution in [-0.2, 0) is 9.59 Å². The standard InChI is InChI=1S/C14H23NO3/c1-2-11(9-10-5-3-4-6-10)12(16)15-14(7-8-14)13(17)18/h10-11H,2-9H2,1H3,(H,15,16)(H,17,18). The van der Waals surface area contributed by atoms with Gasteiger partial charge in [0.15, 0.2) is 0 Å². The zero-order valence-electron chi connectivity index (χ0n) is 11.1. The van der Waals surface area contributed by atoms with Gasteiger partial charge < -0.3 is 10.4 Å². The van der Waals surface area contributed by atoms with Crippen molar-refractivity contribution >= 4 is 11.9 Å². The number of hydrogen-bond acceptors (Lipinski definition) is 2. The quantitative estimate of drug-likeness (QED) is 0.763. The molecule has 1 unspecified atom stereocenters. The molecule has 4 heteroatoms. The minimum absolute atomic E-state index is 0.00933. The van der Waals surface area contributed by atoms with Gasteiger partial charge in [0.05, 0.1) is 0 Å². The van der Waals surface area contributed by atoms with Crippen molar-refractivity contribution in [2.75, 3.05) is 0 Å². The van der Waals surface area contributed by atoms with Gasteiger partial charge in [0.25, 0.3) is 0 Å². The van der Waals surface area contributed by atoms with Gasteiger partial charge in [0.2, 0.25) is 5.91 Å². The van der Waals surface area contributed by atoms with E-state index in [4.69, 9.17) is 5.11 Å². The molecule has 2 fully saturated rings. The molecule has 0 bridgehead atoms. The highest BCUT2D eigenvalue weighted by molar-refractivity contribution is 5.90. The average molecular weight is 253 g/mol. The molecular weight excluding hydrogens is 230 g/mol. The molecule has 102 valence electrons. The Bertz CT molecular complexity index is 330. The molecule has 2 aliphatic carbocycles. The van der Waals surface area contributed by atoms with Crippen molar-refractivity contribution in [3.8, 4) is 0 Å². The molecule has 2 aliphatic rings. The van der Waals surface area contributed by atoms with E-state index in [9.17, 15) is 9.59 Å². The van der Waals surface area contributed by atoms with Crippen LogP contribution < -0.4 is 5.32 Å². The van der Waals surface area contributed by atoms with Crippen LogP contribution in [0, 0.1) is 11.8 Å². The van der Waals surface area contributed by atoms with Crippen LogP contribution in [0.2, 0.25) is 0 Å². The maximum Gasteiger partial charge on any atom is 0.329 e. The summed E-state index contributed by atoms with van der Waals surface area (Å²) >= 11 is 0. The first-order chi connectivity index (χ1) is 8.57. The second-order valence-corrected chi connectivity index (χ2v) is 5.87. The molecule has 0 aromatic rings. The third-order valence-corrected chi connectivity index (χ3v) is 4.48. The third kappa shape index (κ3) is 2.85. The van der Waals surface area contributed by atoms with Crippen LogP contribution >= 0.6 is 0 Å². The second kappa shape index (κ2) is 5.29. The number of carboxylic acid groups (broad SMARTS) is 1. The number of carbonyl (C=O) groups excluding carboxylic acids is 1. The fourth-order valence-corrected chi connectivity index (χ4v) is 2.96. The summed E-state index contributed by atoms with van der Waals surface area (Å²) < 4.78 is 0. The molecule has 4 nitrogen and oxygen atoms in total. The highest BCUT2D eigenvalue weighted by Crippen LogP contribution is 2.37. The first-order valence-corrected chi connectivity index (χ1v) is 7.13. The Morgan fingerprint density at radius 3 is 2.39 bits per heavy atom. The van der Waals surface area contributed by atoms with E-state index in [1.165, 1.54) is 25.7 Å². The second-order valence-electron chi connectivity index (χ2n) is 5.87. The Morgan fingerprint density at radius 2 is 1.94 bits per heavy atom. The van der Waals surface area contributed by atoms with Crippen LogP contribution in [0.4, 0.5) is 0 Å². The monoisotopic (exact) mass is 253 g/mol. The molecule has 0 aliphatic heterocycles. The van der Waals surface area contributed by atoms with Crippen LogP contribution in [0.15, 0.2) is 0 Å². The summed E-state index contributed by atoms with van der Waals surface area (Å²) in [5, 5.41) is 11.8. The highest BCUT2D eigenvalue weighted by Gasteiger charge is 2.52. The van der Waals surface area contributed by atoms with Crippen LogP contribution in [0.5, 0.6) is 0 Å². The van der Waals surface area contributed by atoms with Gasteiger partial charge in [-0.1, -0.05) is 32.6 Å². The zero-order valence-corrected chi connectivity index (χ0v) is 11.1.